The van der Waals surface area contributed by atoms with Crippen molar-refractivity contribution in [1.29, 1.82) is 0 Å². The van der Waals surface area contributed by atoms with E-state index in [1.807, 2.05) is 72.0 Å². The number of nitrogens with zero attached hydrogens (tertiary/aromatic N) is 4. The number of pyridine rings is 1. The van der Waals surface area contributed by atoms with Gasteiger partial charge < -0.3 is 4.42 Å². The maximum absolute atomic E-state index is 6.39. The zero-order valence-electron chi connectivity index (χ0n) is 28.8. The van der Waals surface area contributed by atoms with Crippen molar-refractivity contribution in [3.8, 4) is 56.5 Å². The Labute approximate surface area is 313 Å². The molecule has 0 radical (unpaired) electrons. The summed E-state index contributed by atoms with van der Waals surface area (Å²) in [5.41, 5.74) is 9.68. The second-order valence-electron chi connectivity index (χ2n) is 13.4. The molecule has 54 heavy (non-hydrogen) atoms. The van der Waals surface area contributed by atoms with Crippen molar-refractivity contribution in [2.45, 2.75) is 0 Å². The Morgan fingerprint density at radius 2 is 1.02 bits per heavy atom. The van der Waals surface area contributed by atoms with Crippen LogP contribution in [-0.4, -0.2) is 19.9 Å². The number of benzene rings is 7. The summed E-state index contributed by atoms with van der Waals surface area (Å²) in [6, 6.07) is 58.6. The number of hydrogen-bond donors (Lipinski definition) is 0. The molecule has 6 heteroatoms. The first-order valence-electron chi connectivity index (χ1n) is 17.9. The molecule has 0 aliphatic carbocycles. The highest BCUT2D eigenvalue weighted by Gasteiger charge is 2.19. The van der Waals surface area contributed by atoms with Crippen molar-refractivity contribution in [2.75, 3.05) is 0 Å². The summed E-state index contributed by atoms with van der Waals surface area (Å²) in [6.45, 7) is 0. The molecule has 0 fully saturated rings. The Bertz CT molecular complexity index is 3210. The van der Waals surface area contributed by atoms with E-state index in [0.29, 0.717) is 17.5 Å². The molecule has 0 unspecified atom stereocenters. The number of rotatable bonds is 5. The van der Waals surface area contributed by atoms with Crippen LogP contribution in [-0.2, 0) is 0 Å². The lowest BCUT2D eigenvalue weighted by Gasteiger charge is -2.10. The number of para-hydroxylation sites is 3. The van der Waals surface area contributed by atoms with Crippen molar-refractivity contribution in [2.24, 2.45) is 0 Å². The van der Waals surface area contributed by atoms with Gasteiger partial charge in [0.25, 0.3) is 0 Å². The van der Waals surface area contributed by atoms with E-state index in [0.717, 1.165) is 66.5 Å². The smallest absolute Gasteiger partial charge is 0.167 e. The third kappa shape index (κ3) is 4.99. The fraction of sp³-hybridized carbons (Fsp3) is 0. The summed E-state index contributed by atoms with van der Waals surface area (Å²) in [6.07, 6.45) is 0. The van der Waals surface area contributed by atoms with Crippen LogP contribution in [0.2, 0.25) is 0 Å². The Hall–Kier alpha value is -7.02. The first kappa shape index (κ1) is 30.6. The van der Waals surface area contributed by atoms with Crippen molar-refractivity contribution in [3.63, 3.8) is 0 Å². The number of fused-ring (bicyclic) bond motifs is 8. The van der Waals surface area contributed by atoms with Gasteiger partial charge in [-0.05, 0) is 41.5 Å². The van der Waals surface area contributed by atoms with Crippen molar-refractivity contribution >= 4 is 64.4 Å². The molecule has 252 valence electrons. The summed E-state index contributed by atoms with van der Waals surface area (Å²) in [5.74, 6) is 1.78. The summed E-state index contributed by atoms with van der Waals surface area (Å²) in [7, 11) is 0. The van der Waals surface area contributed by atoms with Crippen molar-refractivity contribution in [1.82, 2.24) is 19.9 Å². The zero-order valence-corrected chi connectivity index (χ0v) is 29.6. The molecule has 0 bridgehead atoms. The summed E-state index contributed by atoms with van der Waals surface area (Å²) in [5, 5.41) is 5.76. The van der Waals surface area contributed by atoms with Gasteiger partial charge in [-0.3, -0.25) is 0 Å². The largest absolute Gasteiger partial charge is 0.455 e. The minimum atomic E-state index is 0.568. The molecule has 0 N–H and O–H groups in total. The molecule has 4 aromatic heterocycles. The molecule has 11 rings (SSSR count). The first-order chi connectivity index (χ1) is 26.7. The fourth-order valence-electron chi connectivity index (χ4n) is 7.53. The molecule has 7 aromatic carbocycles. The van der Waals surface area contributed by atoms with Crippen LogP contribution in [0.3, 0.4) is 0 Å². The average Bonchev–Trinajstić information content (AvgIpc) is 3.83. The third-order valence-corrected chi connectivity index (χ3v) is 11.3. The van der Waals surface area contributed by atoms with Crippen molar-refractivity contribution in [3.05, 3.63) is 170 Å². The van der Waals surface area contributed by atoms with E-state index in [1.54, 1.807) is 0 Å². The van der Waals surface area contributed by atoms with E-state index < -0.39 is 0 Å². The molecule has 0 amide bonds. The molecule has 0 aliphatic heterocycles. The molecule has 11 aromatic rings. The molecule has 0 aliphatic rings. The Balaban J connectivity index is 1.03. The van der Waals surface area contributed by atoms with Gasteiger partial charge in [-0.15, -0.1) is 11.3 Å². The second-order valence-corrected chi connectivity index (χ2v) is 14.4. The van der Waals surface area contributed by atoms with Gasteiger partial charge in [0.15, 0.2) is 17.5 Å². The van der Waals surface area contributed by atoms with E-state index in [9.17, 15) is 0 Å². The molecular formula is C48H28N4OS. The van der Waals surface area contributed by atoms with Crippen LogP contribution in [0.4, 0.5) is 0 Å². The maximum Gasteiger partial charge on any atom is 0.167 e. The van der Waals surface area contributed by atoms with Crippen LogP contribution in [0, 0.1) is 0 Å². The molecule has 0 saturated heterocycles. The van der Waals surface area contributed by atoms with Crippen molar-refractivity contribution < 1.29 is 4.42 Å². The van der Waals surface area contributed by atoms with Crippen LogP contribution in [0.25, 0.3) is 110 Å². The van der Waals surface area contributed by atoms with E-state index in [2.05, 4.69) is 109 Å². The SMILES string of the molecule is c1ccc(-c2nc(-c3ccc(-c4ccc5sc6c(-c7ccccc7)nc7ccccc7c6c5c4)cc3)nc(-c3cccc4c3oc3ccccc34)n2)cc1. The minimum absolute atomic E-state index is 0.568. The van der Waals surface area contributed by atoms with E-state index >= 15 is 0 Å². The van der Waals surface area contributed by atoms with Crippen LogP contribution in [0.5, 0.6) is 0 Å². The Morgan fingerprint density at radius 3 is 1.81 bits per heavy atom. The van der Waals surface area contributed by atoms with Crippen LogP contribution in [0.1, 0.15) is 0 Å². The highest BCUT2D eigenvalue weighted by Crippen LogP contribution is 2.44. The lowest BCUT2D eigenvalue weighted by atomic mass is 9.99. The lowest BCUT2D eigenvalue weighted by molar-refractivity contribution is 0.669. The van der Waals surface area contributed by atoms with Gasteiger partial charge in [-0.2, -0.15) is 0 Å². The predicted molar refractivity (Wildman–Crippen MR) is 222 cm³/mol. The fourth-order valence-corrected chi connectivity index (χ4v) is 8.74. The third-order valence-electron chi connectivity index (χ3n) is 10.1. The van der Waals surface area contributed by atoms with Gasteiger partial charge >= 0.3 is 0 Å². The zero-order chi connectivity index (χ0) is 35.6. The van der Waals surface area contributed by atoms with Crippen LogP contribution >= 0.6 is 11.3 Å². The van der Waals surface area contributed by atoms with E-state index in [4.69, 9.17) is 24.4 Å². The number of aromatic nitrogens is 4. The molecule has 0 spiro atoms. The monoisotopic (exact) mass is 708 g/mol. The normalized spacial score (nSPS) is 11.7. The molecule has 5 nitrogen and oxygen atoms in total. The number of thiophene rings is 1. The Kier molecular flexibility index (Phi) is 6.97. The van der Waals surface area contributed by atoms with Crippen LogP contribution in [0.15, 0.2) is 174 Å². The summed E-state index contributed by atoms with van der Waals surface area (Å²) < 4.78 is 8.85. The molecule has 0 saturated carbocycles. The van der Waals surface area contributed by atoms with Gasteiger partial charge in [-0.1, -0.05) is 140 Å². The van der Waals surface area contributed by atoms with Gasteiger partial charge in [0, 0.05) is 48.3 Å². The lowest BCUT2D eigenvalue weighted by Crippen LogP contribution is -2.00. The molecule has 0 atom stereocenters. The van der Waals surface area contributed by atoms with Gasteiger partial charge in [0.2, 0.25) is 0 Å². The average molecular weight is 709 g/mol. The summed E-state index contributed by atoms with van der Waals surface area (Å²) >= 11 is 1.81. The quantitative estimate of drug-likeness (QED) is 0.178. The highest BCUT2D eigenvalue weighted by atomic mass is 32.1. The van der Waals surface area contributed by atoms with E-state index in [1.165, 1.54) is 25.6 Å². The van der Waals surface area contributed by atoms with Gasteiger partial charge in [-0.25, -0.2) is 19.9 Å². The second kappa shape index (κ2) is 12.3. The summed E-state index contributed by atoms with van der Waals surface area (Å²) in [4.78, 5) is 20.2. The maximum atomic E-state index is 6.39. The van der Waals surface area contributed by atoms with Gasteiger partial charge in [0.05, 0.1) is 21.5 Å². The number of hydrogen-bond acceptors (Lipinski definition) is 6. The molecular weight excluding hydrogens is 681 g/mol. The van der Waals surface area contributed by atoms with E-state index in [-0.39, 0.29) is 0 Å². The molecule has 4 heterocycles. The van der Waals surface area contributed by atoms with Crippen LogP contribution < -0.4 is 0 Å². The Morgan fingerprint density at radius 1 is 0.407 bits per heavy atom. The first-order valence-corrected chi connectivity index (χ1v) is 18.7. The number of furan rings is 1. The highest BCUT2D eigenvalue weighted by molar-refractivity contribution is 7.26. The standard InChI is InChI=1S/C48H28N4OS/c1-3-12-30(13-4-1)43-45-42(36-17-7-9-20-39(36)49-43)38-28-33(26-27-41(38)54-45)29-22-24-32(25-23-29)47-50-46(31-14-5-2-6-15-31)51-48(52-47)37-19-11-18-35-34-16-8-10-21-40(34)53-44(35)37/h1-28H. The minimum Gasteiger partial charge on any atom is -0.455 e. The topological polar surface area (TPSA) is 64.7 Å². The predicted octanol–water partition coefficient (Wildman–Crippen LogP) is 13.0. The van der Waals surface area contributed by atoms with Gasteiger partial charge in [0.1, 0.15) is 11.2 Å².